The molecule has 26 heavy (non-hydrogen) atoms. The maximum atomic E-state index is 12.8. The average molecular weight is 380 g/mol. The van der Waals surface area contributed by atoms with Gasteiger partial charge in [0, 0.05) is 19.5 Å². The molecule has 2 fully saturated rings. The predicted molar refractivity (Wildman–Crippen MR) is 101 cm³/mol. The Morgan fingerprint density at radius 3 is 2.23 bits per heavy atom. The van der Waals surface area contributed by atoms with Gasteiger partial charge in [0.1, 0.15) is 5.75 Å². The maximum absolute atomic E-state index is 12.8. The number of hydrogen-bond acceptors (Lipinski definition) is 4. The Hall–Kier alpha value is -1.56. The molecule has 6 heteroatoms. The highest BCUT2D eigenvalue weighted by molar-refractivity contribution is 7.92. The minimum absolute atomic E-state index is 0.206. The first-order valence-electron chi connectivity index (χ1n) is 9.66. The summed E-state index contributed by atoms with van der Waals surface area (Å²) in [4.78, 5) is 14.7. The summed E-state index contributed by atoms with van der Waals surface area (Å²) in [7, 11) is -1.80. The van der Waals surface area contributed by atoms with Crippen LogP contribution >= 0.6 is 0 Å². The SMILES string of the molecule is COc1ccc(S(=O)(=O)C2CCN(C(=O)CC3CCCCC3)CC2)cc1. The Bertz CT molecular complexity index is 700. The Labute approximate surface area is 156 Å². The standard InChI is InChI=1S/C20H29NO4S/c1-25-17-7-9-18(10-8-17)26(23,24)19-11-13-21(14-12-19)20(22)15-16-5-3-2-4-6-16/h7-10,16,19H,2-6,11-15H2,1H3. The molecular formula is C20H29NO4S. The summed E-state index contributed by atoms with van der Waals surface area (Å²) in [5, 5.41) is -0.408. The third kappa shape index (κ3) is 4.40. The number of amides is 1. The molecule has 144 valence electrons. The Morgan fingerprint density at radius 1 is 1.04 bits per heavy atom. The molecule has 1 saturated carbocycles. The second-order valence-electron chi connectivity index (χ2n) is 7.51. The van der Waals surface area contributed by atoms with Crippen molar-refractivity contribution in [2.75, 3.05) is 20.2 Å². The van der Waals surface area contributed by atoms with Crippen molar-refractivity contribution in [3.8, 4) is 5.75 Å². The number of carbonyl (C=O) groups excluding carboxylic acids is 1. The van der Waals surface area contributed by atoms with Crippen molar-refractivity contribution in [1.29, 1.82) is 0 Å². The van der Waals surface area contributed by atoms with Gasteiger partial charge in [-0.3, -0.25) is 4.79 Å². The van der Waals surface area contributed by atoms with E-state index in [1.54, 1.807) is 31.4 Å². The zero-order valence-corrected chi connectivity index (χ0v) is 16.3. The van der Waals surface area contributed by atoms with Gasteiger partial charge in [-0.1, -0.05) is 19.3 Å². The molecule has 2 aliphatic rings. The third-order valence-electron chi connectivity index (χ3n) is 5.81. The van der Waals surface area contributed by atoms with Crippen molar-refractivity contribution in [3.63, 3.8) is 0 Å². The van der Waals surface area contributed by atoms with E-state index in [4.69, 9.17) is 4.74 Å². The van der Waals surface area contributed by atoms with E-state index in [0.29, 0.717) is 48.9 Å². The van der Waals surface area contributed by atoms with Crippen molar-refractivity contribution in [1.82, 2.24) is 4.90 Å². The second-order valence-corrected chi connectivity index (χ2v) is 9.74. The molecule has 1 amide bonds. The van der Waals surface area contributed by atoms with Gasteiger partial charge in [0.05, 0.1) is 17.3 Å². The van der Waals surface area contributed by atoms with Gasteiger partial charge in [0.2, 0.25) is 5.91 Å². The van der Waals surface area contributed by atoms with Crippen LogP contribution in [-0.4, -0.2) is 44.7 Å². The highest BCUT2D eigenvalue weighted by Crippen LogP contribution is 2.29. The minimum Gasteiger partial charge on any atom is -0.497 e. The molecular weight excluding hydrogens is 350 g/mol. The molecule has 0 spiro atoms. The summed E-state index contributed by atoms with van der Waals surface area (Å²) in [5.41, 5.74) is 0. The number of methoxy groups -OCH3 is 1. The second kappa shape index (κ2) is 8.42. The number of benzene rings is 1. The summed E-state index contributed by atoms with van der Waals surface area (Å²) < 4.78 is 30.8. The molecule has 0 bridgehead atoms. The lowest BCUT2D eigenvalue weighted by atomic mass is 9.86. The van der Waals surface area contributed by atoms with E-state index in [1.807, 2.05) is 4.90 Å². The van der Waals surface area contributed by atoms with Crippen molar-refractivity contribution in [2.24, 2.45) is 5.92 Å². The number of ether oxygens (including phenoxy) is 1. The summed E-state index contributed by atoms with van der Waals surface area (Å²) in [6.45, 7) is 1.09. The van der Waals surface area contributed by atoms with Crippen LogP contribution in [0.5, 0.6) is 5.75 Å². The maximum Gasteiger partial charge on any atom is 0.222 e. The Morgan fingerprint density at radius 2 is 1.65 bits per heavy atom. The van der Waals surface area contributed by atoms with Gasteiger partial charge in [-0.05, 0) is 55.9 Å². The Kier molecular flexibility index (Phi) is 6.22. The first-order valence-corrected chi connectivity index (χ1v) is 11.2. The number of carbonyl (C=O) groups is 1. The van der Waals surface area contributed by atoms with Crippen LogP contribution in [0.4, 0.5) is 0 Å². The predicted octanol–water partition coefficient (Wildman–Crippen LogP) is 3.43. The minimum atomic E-state index is -3.36. The van der Waals surface area contributed by atoms with Gasteiger partial charge in [0.15, 0.2) is 9.84 Å². The molecule has 1 heterocycles. The highest BCUT2D eigenvalue weighted by atomic mass is 32.2. The molecule has 1 aromatic rings. The van der Waals surface area contributed by atoms with Crippen LogP contribution in [0.2, 0.25) is 0 Å². The van der Waals surface area contributed by atoms with Gasteiger partial charge in [-0.25, -0.2) is 8.42 Å². The van der Waals surface area contributed by atoms with E-state index in [2.05, 4.69) is 0 Å². The van der Waals surface area contributed by atoms with Gasteiger partial charge in [-0.15, -0.1) is 0 Å². The summed E-state index contributed by atoms with van der Waals surface area (Å²) in [5.74, 6) is 1.38. The Balaban J connectivity index is 1.55. The molecule has 1 aromatic carbocycles. The van der Waals surface area contributed by atoms with Gasteiger partial charge < -0.3 is 9.64 Å². The number of piperidine rings is 1. The number of hydrogen-bond donors (Lipinski definition) is 0. The molecule has 1 aliphatic heterocycles. The van der Waals surface area contributed by atoms with E-state index in [1.165, 1.54) is 19.3 Å². The molecule has 0 aromatic heterocycles. The van der Waals surface area contributed by atoms with Gasteiger partial charge in [-0.2, -0.15) is 0 Å². The quantitative estimate of drug-likeness (QED) is 0.786. The van der Waals surface area contributed by atoms with Crippen molar-refractivity contribution in [2.45, 2.75) is 61.5 Å². The van der Waals surface area contributed by atoms with E-state index < -0.39 is 15.1 Å². The van der Waals surface area contributed by atoms with Gasteiger partial charge in [0.25, 0.3) is 0 Å². The summed E-state index contributed by atoms with van der Waals surface area (Å²) >= 11 is 0. The van der Waals surface area contributed by atoms with Crippen LogP contribution in [0, 0.1) is 5.92 Å². The molecule has 1 saturated heterocycles. The summed E-state index contributed by atoms with van der Waals surface area (Å²) in [6, 6.07) is 6.56. The fourth-order valence-electron chi connectivity index (χ4n) is 4.14. The number of likely N-dealkylation sites (tertiary alicyclic amines) is 1. The zero-order valence-electron chi connectivity index (χ0n) is 15.5. The van der Waals surface area contributed by atoms with E-state index in [0.717, 1.165) is 12.8 Å². The van der Waals surface area contributed by atoms with Crippen LogP contribution in [-0.2, 0) is 14.6 Å². The van der Waals surface area contributed by atoms with Gasteiger partial charge >= 0.3 is 0 Å². The van der Waals surface area contributed by atoms with E-state index >= 15 is 0 Å². The normalized spacial score (nSPS) is 20.1. The van der Waals surface area contributed by atoms with Crippen molar-refractivity contribution < 1.29 is 17.9 Å². The lowest BCUT2D eigenvalue weighted by Crippen LogP contribution is -2.43. The van der Waals surface area contributed by atoms with Crippen molar-refractivity contribution in [3.05, 3.63) is 24.3 Å². The topological polar surface area (TPSA) is 63.7 Å². The molecule has 1 aliphatic carbocycles. The molecule has 0 atom stereocenters. The van der Waals surface area contributed by atoms with E-state index in [-0.39, 0.29) is 5.91 Å². The molecule has 0 N–H and O–H groups in total. The largest absolute Gasteiger partial charge is 0.497 e. The third-order valence-corrected chi connectivity index (χ3v) is 8.09. The number of sulfone groups is 1. The fourth-order valence-corrected chi connectivity index (χ4v) is 5.87. The van der Waals surface area contributed by atoms with Crippen LogP contribution in [0.1, 0.15) is 51.4 Å². The lowest BCUT2D eigenvalue weighted by molar-refractivity contribution is -0.133. The fraction of sp³-hybridized carbons (Fsp3) is 0.650. The highest BCUT2D eigenvalue weighted by Gasteiger charge is 2.33. The summed E-state index contributed by atoms with van der Waals surface area (Å²) in [6.07, 6.45) is 7.76. The first kappa shape index (κ1) is 19.2. The molecule has 0 unspecified atom stereocenters. The molecule has 0 radical (unpaired) electrons. The van der Waals surface area contributed by atoms with Crippen LogP contribution in [0.25, 0.3) is 0 Å². The monoisotopic (exact) mass is 379 g/mol. The smallest absolute Gasteiger partial charge is 0.222 e. The molecule has 5 nitrogen and oxygen atoms in total. The van der Waals surface area contributed by atoms with Crippen molar-refractivity contribution >= 4 is 15.7 Å². The van der Waals surface area contributed by atoms with E-state index in [9.17, 15) is 13.2 Å². The zero-order chi connectivity index (χ0) is 18.6. The first-order chi connectivity index (χ1) is 12.5. The molecule has 3 rings (SSSR count). The average Bonchev–Trinajstić information content (AvgIpc) is 2.69. The lowest BCUT2D eigenvalue weighted by Gasteiger charge is -2.33. The number of rotatable bonds is 5. The van der Waals surface area contributed by atoms with Crippen LogP contribution in [0.3, 0.4) is 0 Å². The van der Waals surface area contributed by atoms with Crippen LogP contribution in [0.15, 0.2) is 29.2 Å². The van der Waals surface area contributed by atoms with Crippen LogP contribution < -0.4 is 4.74 Å². The number of nitrogens with zero attached hydrogens (tertiary/aromatic N) is 1.